The molecule has 4 nitrogen and oxygen atoms in total. The molecule has 0 bridgehead atoms. The third-order valence-electron chi connectivity index (χ3n) is 3.29. The first-order valence-electron chi connectivity index (χ1n) is 7.18. The molecule has 1 heterocycles. The Morgan fingerprint density at radius 2 is 2.11 bits per heavy atom. The van der Waals surface area contributed by atoms with E-state index in [9.17, 15) is 0 Å². The zero-order valence-corrected chi connectivity index (χ0v) is 12.2. The molecule has 1 aromatic rings. The molecular weight excluding hydrogens is 236 g/mol. The van der Waals surface area contributed by atoms with Crippen molar-refractivity contribution >= 4 is 6.21 Å². The average Bonchev–Trinajstić information content (AvgIpc) is 2.47. The van der Waals surface area contributed by atoms with Crippen molar-refractivity contribution in [1.29, 1.82) is 5.41 Å². The van der Waals surface area contributed by atoms with Crippen molar-refractivity contribution in [3.05, 3.63) is 29.6 Å². The molecule has 0 saturated heterocycles. The van der Waals surface area contributed by atoms with Crippen LogP contribution in [0.5, 0.6) is 0 Å². The molecular formula is C15H26N4. The summed E-state index contributed by atoms with van der Waals surface area (Å²) in [6.45, 7) is 9.71. The van der Waals surface area contributed by atoms with Crippen LogP contribution in [0.15, 0.2) is 18.3 Å². The maximum absolute atomic E-state index is 7.21. The van der Waals surface area contributed by atoms with Gasteiger partial charge < -0.3 is 15.6 Å². The van der Waals surface area contributed by atoms with E-state index in [0.717, 1.165) is 37.4 Å². The van der Waals surface area contributed by atoms with Crippen LogP contribution in [0.4, 0.5) is 0 Å². The third kappa shape index (κ3) is 6.45. The summed E-state index contributed by atoms with van der Waals surface area (Å²) in [7, 11) is 0. The fraction of sp³-hybridized carbons (Fsp3) is 0.600. The molecule has 0 atom stereocenters. The summed E-state index contributed by atoms with van der Waals surface area (Å²) in [5, 5.41) is 10.6. The molecule has 0 unspecified atom stereocenters. The molecule has 1 rings (SSSR count). The van der Waals surface area contributed by atoms with Crippen LogP contribution < -0.4 is 5.32 Å². The Bertz CT molecular complexity index is 361. The van der Waals surface area contributed by atoms with Crippen LogP contribution in [0.25, 0.3) is 0 Å². The molecule has 106 valence electrons. The van der Waals surface area contributed by atoms with E-state index in [1.165, 1.54) is 25.6 Å². The Hall–Kier alpha value is -1.26. The molecule has 0 radical (unpaired) electrons. The maximum Gasteiger partial charge on any atom is 0.0548 e. The average molecular weight is 262 g/mol. The highest BCUT2D eigenvalue weighted by molar-refractivity contribution is 5.76. The molecule has 4 heteroatoms. The van der Waals surface area contributed by atoms with E-state index < -0.39 is 0 Å². The van der Waals surface area contributed by atoms with Crippen LogP contribution in [-0.4, -0.2) is 42.3 Å². The Balaban J connectivity index is 2.12. The van der Waals surface area contributed by atoms with Gasteiger partial charge in [-0.2, -0.15) is 0 Å². The van der Waals surface area contributed by atoms with Gasteiger partial charge in [0, 0.05) is 19.0 Å². The minimum Gasteiger partial charge on any atom is -0.311 e. The largest absolute Gasteiger partial charge is 0.311 e. The van der Waals surface area contributed by atoms with Crippen molar-refractivity contribution in [2.75, 3.05) is 26.2 Å². The predicted molar refractivity (Wildman–Crippen MR) is 80.9 cm³/mol. The van der Waals surface area contributed by atoms with Gasteiger partial charge in [-0.05, 0) is 56.7 Å². The number of rotatable bonds is 10. The molecule has 0 spiro atoms. The van der Waals surface area contributed by atoms with Gasteiger partial charge in [-0.25, -0.2) is 0 Å². The van der Waals surface area contributed by atoms with E-state index in [1.54, 1.807) is 6.20 Å². The smallest absolute Gasteiger partial charge is 0.0548 e. The second kappa shape index (κ2) is 9.64. The number of aromatic nitrogens is 1. The van der Waals surface area contributed by atoms with Gasteiger partial charge in [0.25, 0.3) is 0 Å². The van der Waals surface area contributed by atoms with E-state index in [-0.39, 0.29) is 0 Å². The zero-order chi connectivity index (χ0) is 13.9. The highest BCUT2D eigenvalue weighted by Gasteiger charge is 1.98. The van der Waals surface area contributed by atoms with Crippen LogP contribution >= 0.6 is 0 Å². The van der Waals surface area contributed by atoms with Gasteiger partial charge in [0.05, 0.1) is 5.69 Å². The molecule has 2 N–H and O–H groups in total. The summed E-state index contributed by atoms with van der Waals surface area (Å²) in [5.41, 5.74) is 1.91. The number of hydrogen-bond donors (Lipinski definition) is 2. The van der Waals surface area contributed by atoms with Gasteiger partial charge in [-0.15, -0.1) is 0 Å². The topological polar surface area (TPSA) is 52.0 Å². The number of nitrogens with one attached hydrogen (secondary N) is 2. The minimum atomic E-state index is 0.785. The number of hydrogen-bond acceptors (Lipinski definition) is 4. The first kappa shape index (κ1) is 15.8. The van der Waals surface area contributed by atoms with Crippen molar-refractivity contribution in [3.8, 4) is 0 Å². The first-order valence-corrected chi connectivity index (χ1v) is 7.18. The maximum atomic E-state index is 7.21. The van der Waals surface area contributed by atoms with Crippen molar-refractivity contribution < 1.29 is 0 Å². The van der Waals surface area contributed by atoms with Gasteiger partial charge in [0.2, 0.25) is 0 Å². The summed E-state index contributed by atoms with van der Waals surface area (Å²) < 4.78 is 0. The molecule has 0 saturated carbocycles. The van der Waals surface area contributed by atoms with Crippen LogP contribution in [-0.2, 0) is 6.54 Å². The third-order valence-corrected chi connectivity index (χ3v) is 3.29. The highest BCUT2D eigenvalue weighted by atomic mass is 15.1. The molecule has 0 aliphatic carbocycles. The lowest BCUT2D eigenvalue weighted by molar-refractivity contribution is 0.296. The predicted octanol–water partition coefficient (Wildman–Crippen LogP) is 2.29. The Morgan fingerprint density at radius 3 is 2.79 bits per heavy atom. The lowest BCUT2D eigenvalue weighted by Crippen LogP contribution is -2.25. The van der Waals surface area contributed by atoms with E-state index in [2.05, 4.69) is 29.0 Å². The highest BCUT2D eigenvalue weighted by Crippen LogP contribution is 1.99. The molecule has 0 aliphatic rings. The SMILES string of the molecule is CCN(CC)CCCCNCc1cc(C=N)ccn1. The van der Waals surface area contributed by atoms with E-state index >= 15 is 0 Å². The fourth-order valence-electron chi connectivity index (χ4n) is 2.02. The fourth-order valence-corrected chi connectivity index (χ4v) is 2.02. The van der Waals surface area contributed by atoms with Crippen molar-refractivity contribution in [3.63, 3.8) is 0 Å². The lowest BCUT2D eigenvalue weighted by Gasteiger charge is -2.17. The number of pyridine rings is 1. The normalized spacial score (nSPS) is 10.9. The molecule has 1 aromatic heterocycles. The minimum absolute atomic E-state index is 0.785. The summed E-state index contributed by atoms with van der Waals surface area (Å²) in [4.78, 5) is 6.74. The zero-order valence-electron chi connectivity index (χ0n) is 12.2. The molecule has 19 heavy (non-hydrogen) atoms. The molecule has 0 aliphatic heterocycles. The van der Waals surface area contributed by atoms with Gasteiger partial charge in [-0.3, -0.25) is 4.98 Å². The summed E-state index contributed by atoms with van der Waals surface area (Å²) in [6, 6.07) is 3.80. The van der Waals surface area contributed by atoms with Gasteiger partial charge >= 0.3 is 0 Å². The number of nitrogens with zero attached hydrogens (tertiary/aromatic N) is 2. The van der Waals surface area contributed by atoms with Crippen LogP contribution in [0.2, 0.25) is 0 Å². The van der Waals surface area contributed by atoms with Crippen LogP contribution in [0.3, 0.4) is 0 Å². The standard InChI is InChI=1S/C15H26N4/c1-3-19(4-2)10-6-5-8-17-13-15-11-14(12-16)7-9-18-15/h7,9,11-12,16-17H,3-6,8,10,13H2,1-2H3. The first-order chi connectivity index (χ1) is 9.30. The van der Waals surface area contributed by atoms with Gasteiger partial charge in [0.1, 0.15) is 0 Å². The molecule has 0 amide bonds. The van der Waals surface area contributed by atoms with Crippen molar-refractivity contribution in [2.24, 2.45) is 0 Å². The summed E-state index contributed by atoms with van der Waals surface area (Å²) in [5.74, 6) is 0. The Morgan fingerprint density at radius 1 is 1.32 bits per heavy atom. The Labute approximate surface area is 116 Å². The monoisotopic (exact) mass is 262 g/mol. The number of unbranched alkanes of at least 4 members (excludes halogenated alkanes) is 1. The molecule has 0 fully saturated rings. The van der Waals surface area contributed by atoms with Crippen molar-refractivity contribution in [2.45, 2.75) is 33.2 Å². The Kier molecular flexibility index (Phi) is 8.02. The second-order valence-corrected chi connectivity index (χ2v) is 4.64. The molecule has 0 aromatic carbocycles. The summed E-state index contributed by atoms with van der Waals surface area (Å²) in [6.07, 6.45) is 5.55. The quantitative estimate of drug-likeness (QED) is 0.502. The van der Waals surface area contributed by atoms with Crippen molar-refractivity contribution in [1.82, 2.24) is 15.2 Å². The van der Waals surface area contributed by atoms with E-state index in [1.807, 2.05) is 12.1 Å². The van der Waals surface area contributed by atoms with E-state index in [4.69, 9.17) is 5.41 Å². The van der Waals surface area contributed by atoms with Crippen LogP contribution in [0, 0.1) is 5.41 Å². The van der Waals surface area contributed by atoms with Gasteiger partial charge in [-0.1, -0.05) is 13.8 Å². The van der Waals surface area contributed by atoms with E-state index in [0.29, 0.717) is 0 Å². The van der Waals surface area contributed by atoms with Crippen LogP contribution in [0.1, 0.15) is 37.9 Å². The summed E-state index contributed by atoms with van der Waals surface area (Å²) >= 11 is 0. The second-order valence-electron chi connectivity index (χ2n) is 4.64. The van der Waals surface area contributed by atoms with Gasteiger partial charge in [0.15, 0.2) is 0 Å². The lowest BCUT2D eigenvalue weighted by atomic mass is 10.2.